The van der Waals surface area contributed by atoms with Crippen molar-refractivity contribution in [3.63, 3.8) is 0 Å². The number of H-pyrrole nitrogens is 1. The summed E-state index contributed by atoms with van der Waals surface area (Å²) in [6.45, 7) is 0. The summed E-state index contributed by atoms with van der Waals surface area (Å²) in [6, 6.07) is 0. The number of hydrogen-bond donors (Lipinski definition) is 1. The van der Waals surface area contributed by atoms with Gasteiger partial charge in [-0.2, -0.15) is 57.1 Å². The van der Waals surface area contributed by atoms with Crippen molar-refractivity contribution in [2.75, 3.05) is 0 Å². The van der Waals surface area contributed by atoms with Crippen molar-refractivity contribution in [3.8, 4) is 0 Å². The number of halogens is 15. The van der Waals surface area contributed by atoms with Crippen LogP contribution in [0, 0.1) is 5.95 Å². The van der Waals surface area contributed by atoms with Gasteiger partial charge in [0, 0.05) is 0 Å². The van der Waals surface area contributed by atoms with Crippen LogP contribution in [0.1, 0.15) is 11.1 Å². The molecule has 0 aliphatic heterocycles. The first-order valence-corrected chi connectivity index (χ1v) is 5.99. The minimum atomic E-state index is -7.49. The number of alkyl halides is 14. The maximum atomic E-state index is 14.0. The van der Waals surface area contributed by atoms with E-state index in [2.05, 4.69) is 0 Å². The zero-order valence-corrected chi connectivity index (χ0v) is 12.0. The number of nitrogens with zero attached hydrogens (tertiary/aromatic N) is 1. The Morgan fingerprint density at radius 1 is 0.571 bits per heavy atom. The molecule has 1 rings (SSSR count). The summed E-state index contributed by atoms with van der Waals surface area (Å²) in [5.74, 6) is -3.62. The van der Waals surface area contributed by atoms with Gasteiger partial charge in [0.05, 0.1) is 11.1 Å². The van der Waals surface area contributed by atoms with Crippen molar-refractivity contribution in [2.24, 2.45) is 0 Å². The average Bonchev–Trinajstić information content (AvgIpc) is 2.43. The van der Waals surface area contributed by atoms with Crippen molar-refractivity contribution >= 4 is 0 Å². The second-order valence-corrected chi connectivity index (χ2v) is 4.90. The van der Waals surface area contributed by atoms with Crippen LogP contribution >= 0.6 is 0 Å². The van der Waals surface area contributed by atoms with Crippen LogP contribution in [0.25, 0.3) is 0 Å². The van der Waals surface area contributed by atoms with E-state index in [4.69, 9.17) is 0 Å². The molecule has 0 aromatic carbocycles. The third-order valence-electron chi connectivity index (χ3n) is 3.19. The molecule has 18 heteroatoms. The summed E-state index contributed by atoms with van der Waals surface area (Å²) in [4.78, 5) is 11.2. The monoisotopic (exact) mass is 450 g/mol. The van der Waals surface area contributed by atoms with E-state index in [-0.39, 0.29) is 0 Å². The molecule has 0 unspecified atom stereocenters. The van der Waals surface area contributed by atoms with Gasteiger partial charge in [0.1, 0.15) is 0 Å². The van der Waals surface area contributed by atoms with E-state index >= 15 is 0 Å². The van der Waals surface area contributed by atoms with Gasteiger partial charge >= 0.3 is 36.0 Å². The first kappa shape index (κ1) is 23.9. The molecule has 1 N–H and O–H groups in total. The highest BCUT2D eigenvalue weighted by Gasteiger charge is 2.81. The maximum Gasteiger partial charge on any atom is 0.436 e. The Balaban J connectivity index is 4.36. The molecule has 0 atom stereocenters. The normalized spacial score (nSPS) is 15.1. The molecular weight excluding hydrogens is 449 g/mol. The van der Waals surface area contributed by atoms with Crippen LogP contribution in [-0.2, 0) is 11.3 Å². The van der Waals surface area contributed by atoms with Gasteiger partial charge in [0.25, 0.3) is 5.56 Å². The molecule has 162 valence electrons. The molecule has 0 spiro atoms. The minimum absolute atomic E-state index is 0.312. The molecule has 1 heterocycles. The minimum Gasteiger partial charge on any atom is -0.268 e. The fourth-order valence-electron chi connectivity index (χ4n) is 1.96. The number of hydrogen-bond acceptors (Lipinski definition) is 2. The van der Waals surface area contributed by atoms with Gasteiger partial charge < -0.3 is 0 Å². The standard InChI is InChI=1S/C10HF15N2O/c11-3-1(5(12,7(14,15)16)8(17,18)19)2(4(28)27-26-3)6(13,9(20,21)22)10(23,24)25/h(H,27,28). The molecule has 28 heavy (non-hydrogen) atoms. The highest BCUT2D eigenvalue weighted by molar-refractivity contribution is 5.39. The highest BCUT2D eigenvalue weighted by atomic mass is 19.4. The van der Waals surface area contributed by atoms with Crippen molar-refractivity contribution in [1.82, 2.24) is 10.2 Å². The van der Waals surface area contributed by atoms with Gasteiger partial charge in [-0.15, -0.1) is 5.10 Å². The molecule has 0 fully saturated rings. The third-order valence-corrected chi connectivity index (χ3v) is 3.19. The molecule has 0 saturated heterocycles. The maximum absolute atomic E-state index is 14.0. The van der Waals surface area contributed by atoms with E-state index in [0.29, 0.717) is 5.10 Å². The van der Waals surface area contributed by atoms with Crippen LogP contribution < -0.4 is 5.56 Å². The number of nitrogens with one attached hydrogen (secondary N) is 1. The molecule has 0 aliphatic rings. The predicted octanol–water partition coefficient (Wildman–Crippen LogP) is 4.49. The van der Waals surface area contributed by atoms with Crippen LogP contribution in [0.4, 0.5) is 65.9 Å². The molecule has 0 amide bonds. The number of rotatable bonds is 2. The Kier molecular flexibility index (Phi) is 5.25. The van der Waals surface area contributed by atoms with Gasteiger partial charge in [-0.3, -0.25) is 4.79 Å². The van der Waals surface area contributed by atoms with E-state index in [9.17, 15) is 70.7 Å². The van der Waals surface area contributed by atoms with Crippen LogP contribution in [-0.4, -0.2) is 34.9 Å². The van der Waals surface area contributed by atoms with Crippen molar-refractivity contribution in [2.45, 2.75) is 36.0 Å². The number of aromatic amines is 1. The summed E-state index contributed by atoms with van der Waals surface area (Å²) in [7, 11) is 0. The van der Waals surface area contributed by atoms with Crippen LogP contribution in [0.2, 0.25) is 0 Å². The molecule has 0 bridgehead atoms. The summed E-state index contributed by atoms with van der Waals surface area (Å²) < 4.78 is 194. The first-order chi connectivity index (χ1) is 12.0. The Labute approximate surface area is 141 Å². The lowest BCUT2D eigenvalue weighted by atomic mass is 9.83. The predicted molar refractivity (Wildman–Crippen MR) is 54.6 cm³/mol. The lowest BCUT2D eigenvalue weighted by Gasteiger charge is -2.35. The van der Waals surface area contributed by atoms with Gasteiger partial charge in [0.15, 0.2) is 0 Å². The summed E-state index contributed by atoms with van der Waals surface area (Å²) in [5.41, 5.74) is -26.5. The molecule has 1 aromatic rings. The van der Waals surface area contributed by atoms with E-state index in [1.807, 2.05) is 0 Å². The third kappa shape index (κ3) is 3.15. The van der Waals surface area contributed by atoms with Gasteiger partial charge in [0.2, 0.25) is 5.95 Å². The van der Waals surface area contributed by atoms with Crippen LogP contribution in [0.15, 0.2) is 4.79 Å². The Morgan fingerprint density at radius 3 is 1.14 bits per heavy atom. The summed E-state index contributed by atoms with van der Waals surface area (Å²) >= 11 is 0. The molecule has 0 saturated carbocycles. The molecule has 1 aromatic heterocycles. The molecule has 3 nitrogen and oxygen atoms in total. The summed E-state index contributed by atoms with van der Waals surface area (Å²) in [5, 5.41) is 1.98. The zero-order chi connectivity index (χ0) is 22.7. The van der Waals surface area contributed by atoms with Crippen LogP contribution in [0.5, 0.6) is 0 Å². The lowest BCUT2D eigenvalue weighted by Crippen LogP contribution is -2.58. The Bertz CT molecular complexity index is 767. The topological polar surface area (TPSA) is 45.8 Å². The van der Waals surface area contributed by atoms with E-state index in [1.165, 1.54) is 0 Å². The van der Waals surface area contributed by atoms with E-state index < -0.39 is 58.7 Å². The quantitative estimate of drug-likeness (QED) is 0.676. The second-order valence-electron chi connectivity index (χ2n) is 4.90. The van der Waals surface area contributed by atoms with Crippen molar-refractivity contribution < 1.29 is 65.9 Å². The zero-order valence-electron chi connectivity index (χ0n) is 12.0. The summed E-state index contributed by atoms with van der Waals surface area (Å²) in [6.07, 6.45) is -29.9. The van der Waals surface area contributed by atoms with Crippen molar-refractivity contribution in [1.29, 1.82) is 0 Å². The average molecular weight is 450 g/mol. The molecule has 0 aliphatic carbocycles. The lowest BCUT2D eigenvalue weighted by molar-refractivity contribution is -0.361. The van der Waals surface area contributed by atoms with Crippen LogP contribution in [0.3, 0.4) is 0 Å². The van der Waals surface area contributed by atoms with Crippen molar-refractivity contribution in [3.05, 3.63) is 27.4 Å². The fourth-order valence-corrected chi connectivity index (χ4v) is 1.96. The van der Waals surface area contributed by atoms with E-state index in [1.54, 1.807) is 5.10 Å². The number of aromatic nitrogens is 2. The Morgan fingerprint density at radius 2 is 0.857 bits per heavy atom. The highest BCUT2D eigenvalue weighted by Crippen LogP contribution is 2.59. The molecule has 0 radical (unpaired) electrons. The van der Waals surface area contributed by atoms with E-state index in [0.717, 1.165) is 0 Å². The SMILES string of the molecule is O=c1[nH]nc(F)c(C(F)(C(F)(F)F)C(F)(F)F)c1C(F)(C(F)(F)F)C(F)(F)F. The largest absolute Gasteiger partial charge is 0.436 e. The molecular formula is C10HF15N2O. The first-order valence-electron chi connectivity index (χ1n) is 5.99. The second kappa shape index (κ2) is 6.16. The Hall–Kier alpha value is -2.17. The smallest absolute Gasteiger partial charge is 0.268 e. The van der Waals surface area contributed by atoms with Gasteiger partial charge in [-0.1, -0.05) is 0 Å². The van der Waals surface area contributed by atoms with Gasteiger partial charge in [-0.05, 0) is 0 Å². The fraction of sp³-hybridized carbons (Fsp3) is 0.600. The van der Waals surface area contributed by atoms with Gasteiger partial charge in [-0.25, -0.2) is 13.9 Å².